The van der Waals surface area contributed by atoms with E-state index in [1.54, 1.807) is 0 Å². The third-order valence-electron chi connectivity index (χ3n) is 1.07. The molecule has 0 N–H and O–H groups in total. The number of hydrogen-bond donors (Lipinski definition) is 0. The Kier molecular flexibility index (Phi) is 5.24. The van der Waals surface area contributed by atoms with E-state index < -0.39 is 0 Å². The van der Waals surface area contributed by atoms with Crippen LogP contribution in [0, 0.1) is 0 Å². The van der Waals surface area contributed by atoms with Crippen molar-refractivity contribution in [2.75, 3.05) is 40.5 Å². The number of hydrogen-bond acceptors (Lipinski definition) is 1. The predicted molar refractivity (Wildman–Crippen MR) is 46.3 cm³/mol. The van der Waals surface area contributed by atoms with Gasteiger partial charge < -0.3 is 17.8 Å². The zero-order valence-electron chi connectivity index (χ0n) is 7.42. The third-order valence-corrected chi connectivity index (χ3v) is 1.70. The van der Waals surface area contributed by atoms with Gasteiger partial charge in [-0.3, -0.25) is 0 Å². The molecule has 62 valence electrons. The summed E-state index contributed by atoms with van der Waals surface area (Å²) in [5.74, 6) is 0. The van der Waals surface area contributed by atoms with E-state index in [0.717, 1.165) is 32.6 Å². The van der Waals surface area contributed by atoms with Gasteiger partial charge in [0.15, 0.2) is 0 Å². The Morgan fingerprint density at radius 2 is 1.90 bits per heavy atom. The minimum absolute atomic E-state index is 0.874. The Morgan fingerprint density at radius 1 is 1.30 bits per heavy atom. The van der Waals surface area contributed by atoms with Gasteiger partial charge in [0, 0.05) is 0 Å². The first kappa shape index (κ1) is 10.3. The summed E-state index contributed by atoms with van der Waals surface area (Å²) in [5, 5.41) is 0. The van der Waals surface area contributed by atoms with E-state index in [2.05, 4.69) is 28.1 Å². The maximum atomic E-state index is 5.32. The van der Waals surface area contributed by atoms with Gasteiger partial charge in [0.1, 0.15) is 0 Å². The van der Waals surface area contributed by atoms with E-state index in [1.807, 2.05) is 0 Å². The van der Waals surface area contributed by atoms with Crippen LogP contribution in [-0.4, -0.2) is 44.9 Å². The summed E-state index contributed by atoms with van der Waals surface area (Å²) in [5.41, 5.74) is 0. The lowest BCUT2D eigenvalue weighted by atomic mass is 10.5. The van der Waals surface area contributed by atoms with Gasteiger partial charge in [0.25, 0.3) is 0 Å². The average Bonchev–Trinajstić information content (AvgIpc) is 1.78. The van der Waals surface area contributed by atoms with Crippen LogP contribution in [0.3, 0.4) is 0 Å². The molecule has 0 aromatic heterocycles. The lowest BCUT2D eigenvalue weighted by molar-refractivity contribution is -0.870. The van der Waals surface area contributed by atoms with Gasteiger partial charge in [0.2, 0.25) is 0 Å². The van der Waals surface area contributed by atoms with Crippen LogP contribution in [0.1, 0.15) is 6.92 Å². The molecule has 0 aliphatic heterocycles. The van der Waals surface area contributed by atoms with Crippen molar-refractivity contribution in [2.45, 2.75) is 6.92 Å². The number of rotatable bonds is 5. The standard InChI is InChI=1S/C7H18NOP/c1-5-10-9-7-6-8(2,3)4/h5-7H2,1-4H3. The van der Waals surface area contributed by atoms with Crippen molar-refractivity contribution in [3.05, 3.63) is 0 Å². The fraction of sp³-hybridized carbons (Fsp3) is 1.00. The Labute approximate surface area is 66.0 Å². The van der Waals surface area contributed by atoms with E-state index in [9.17, 15) is 0 Å². The lowest BCUT2D eigenvalue weighted by Crippen LogP contribution is -2.37. The van der Waals surface area contributed by atoms with Crippen LogP contribution in [0.5, 0.6) is 0 Å². The van der Waals surface area contributed by atoms with Crippen molar-refractivity contribution in [1.29, 1.82) is 0 Å². The molecular weight excluding hydrogens is 145 g/mol. The smallest absolute Gasteiger partial charge is 0.0989 e. The second-order valence-electron chi connectivity index (χ2n) is 3.29. The summed E-state index contributed by atoms with van der Waals surface area (Å²) in [6, 6.07) is 0. The molecular formula is C7H18NOP. The molecule has 0 saturated heterocycles. The van der Waals surface area contributed by atoms with Gasteiger partial charge in [0.05, 0.1) is 34.3 Å². The highest BCUT2D eigenvalue weighted by atomic mass is 31.1. The summed E-state index contributed by atoms with van der Waals surface area (Å²) >= 11 is 0. The highest BCUT2D eigenvalue weighted by Crippen LogP contribution is 2.09. The van der Waals surface area contributed by atoms with Crippen molar-refractivity contribution < 1.29 is 9.01 Å². The molecule has 0 heterocycles. The van der Waals surface area contributed by atoms with E-state index in [-0.39, 0.29) is 0 Å². The maximum Gasteiger partial charge on any atom is 0.0989 e. The van der Waals surface area contributed by atoms with E-state index in [4.69, 9.17) is 4.52 Å². The van der Waals surface area contributed by atoms with Crippen LogP contribution < -0.4 is 0 Å². The minimum atomic E-state index is 0.874. The molecule has 0 aromatic carbocycles. The summed E-state index contributed by atoms with van der Waals surface area (Å²) < 4.78 is 6.30. The van der Waals surface area contributed by atoms with Crippen molar-refractivity contribution >= 4 is 8.81 Å². The highest BCUT2D eigenvalue weighted by molar-refractivity contribution is 7.32. The molecule has 0 bridgehead atoms. The second kappa shape index (κ2) is 5.06. The van der Waals surface area contributed by atoms with Crippen LogP contribution in [0.25, 0.3) is 0 Å². The van der Waals surface area contributed by atoms with E-state index >= 15 is 0 Å². The molecule has 0 saturated carbocycles. The molecule has 0 aliphatic carbocycles. The van der Waals surface area contributed by atoms with Crippen LogP contribution in [0.4, 0.5) is 0 Å². The van der Waals surface area contributed by atoms with Gasteiger partial charge in [-0.2, -0.15) is 6.16 Å². The zero-order valence-corrected chi connectivity index (χ0v) is 8.32. The minimum Gasteiger partial charge on any atom is -0.553 e. The molecule has 0 rings (SSSR count). The maximum absolute atomic E-state index is 5.32. The Bertz CT molecular complexity index is 80.2. The summed E-state index contributed by atoms with van der Waals surface area (Å²) in [4.78, 5) is 0. The van der Waals surface area contributed by atoms with Gasteiger partial charge in [-0.25, -0.2) is 0 Å². The van der Waals surface area contributed by atoms with Gasteiger partial charge in [-0.05, 0) is 0 Å². The van der Waals surface area contributed by atoms with Crippen LogP contribution in [-0.2, 0) is 4.52 Å². The van der Waals surface area contributed by atoms with Crippen molar-refractivity contribution in [3.8, 4) is 0 Å². The molecule has 0 unspecified atom stereocenters. The largest absolute Gasteiger partial charge is 0.553 e. The molecule has 10 heavy (non-hydrogen) atoms. The Hall–Kier alpha value is 0.350. The van der Waals surface area contributed by atoms with E-state index in [0.29, 0.717) is 0 Å². The highest BCUT2D eigenvalue weighted by Gasteiger charge is 2.02. The molecule has 0 fully saturated rings. The normalized spacial score (nSPS) is 13.2. The first-order chi connectivity index (χ1) is 4.56. The molecule has 0 atom stereocenters. The molecule has 0 aromatic rings. The van der Waals surface area contributed by atoms with E-state index in [1.165, 1.54) is 0 Å². The van der Waals surface area contributed by atoms with Crippen LogP contribution in [0.15, 0.2) is 0 Å². The van der Waals surface area contributed by atoms with Crippen molar-refractivity contribution in [2.24, 2.45) is 0 Å². The summed E-state index contributed by atoms with van der Waals surface area (Å²) in [6.07, 6.45) is 1.09. The SMILES string of the molecule is CC[P-]OCC[N+](C)(C)C. The van der Waals surface area contributed by atoms with Crippen LogP contribution in [0.2, 0.25) is 0 Å². The molecule has 0 spiro atoms. The van der Waals surface area contributed by atoms with Gasteiger partial charge >= 0.3 is 0 Å². The molecule has 0 aliphatic rings. The van der Waals surface area contributed by atoms with Gasteiger partial charge in [-0.1, -0.05) is 6.92 Å². The number of nitrogens with zero attached hydrogens (tertiary/aromatic N) is 1. The summed E-state index contributed by atoms with van der Waals surface area (Å²) in [6.45, 7) is 4.08. The van der Waals surface area contributed by atoms with Crippen molar-refractivity contribution in [1.82, 2.24) is 0 Å². The number of likely N-dealkylation sites (N-methyl/N-ethyl adjacent to an activating group) is 1. The quantitative estimate of drug-likeness (QED) is 0.340. The Morgan fingerprint density at radius 3 is 2.30 bits per heavy atom. The molecule has 3 heteroatoms. The predicted octanol–water partition coefficient (Wildman–Crippen LogP) is 1.59. The topological polar surface area (TPSA) is 9.23 Å². The second-order valence-corrected chi connectivity index (χ2v) is 4.44. The van der Waals surface area contributed by atoms with Gasteiger partial charge in [-0.15, -0.1) is 0 Å². The summed E-state index contributed by atoms with van der Waals surface area (Å²) in [7, 11) is 7.63. The first-order valence-corrected chi connectivity index (χ1v) is 4.65. The third kappa shape index (κ3) is 8.35. The fourth-order valence-electron chi connectivity index (χ4n) is 0.471. The number of quaternary nitrogens is 1. The zero-order chi connectivity index (χ0) is 8.04. The lowest BCUT2D eigenvalue weighted by Gasteiger charge is -2.26. The Balaban J connectivity index is 3.04. The molecule has 0 amide bonds. The molecule has 2 nitrogen and oxygen atoms in total. The van der Waals surface area contributed by atoms with Crippen molar-refractivity contribution in [3.63, 3.8) is 0 Å². The molecule has 0 radical (unpaired) electrons. The van der Waals surface area contributed by atoms with Crippen LogP contribution >= 0.6 is 8.81 Å². The fourth-order valence-corrected chi connectivity index (χ4v) is 0.864. The monoisotopic (exact) mass is 163 g/mol. The first-order valence-electron chi connectivity index (χ1n) is 3.65. The average molecular weight is 163 g/mol.